The summed E-state index contributed by atoms with van der Waals surface area (Å²) >= 11 is 0. The van der Waals surface area contributed by atoms with Crippen LogP contribution in [-0.4, -0.2) is 61.6 Å². The minimum absolute atomic E-state index is 0.204. The number of hydrogen-bond donors (Lipinski definition) is 0. The molecule has 4 rings (SSSR count). The highest BCUT2D eigenvalue weighted by atomic mass is 16.5. The third kappa shape index (κ3) is 3.18. The lowest BCUT2D eigenvalue weighted by Crippen LogP contribution is -2.48. The Kier molecular flexibility index (Phi) is 5.07. The number of aryl methyl sites for hydroxylation is 1. The van der Waals surface area contributed by atoms with Crippen LogP contribution < -0.4 is 0 Å². The Bertz CT molecular complexity index is 647. The van der Waals surface area contributed by atoms with Crippen LogP contribution in [0.2, 0.25) is 0 Å². The summed E-state index contributed by atoms with van der Waals surface area (Å²) in [5.74, 6) is 0.818. The number of benzene rings is 1. The standard InChI is InChI=1S/C22H32N2O2/c1-17-6-3-4-9-20(17)21(25)23-12-10-22(11-13-23)16-24(19-7-5-8-19)14-18(22)15-26-2/h3-4,6,9,18-19H,5,7-8,10-16H2,1-2H3/t18-/m1/s1. The van der Waals surface area contributed by atoms with Crippen molar-refractivity contribution in [3.05, 3.63) is 35.4 Å². The number of nitrogens with zero attached hydrogens (tertiary/aromatic N) is 2. The Labute approximate surface area is 157 Å². The summed E-state index contributed by atoms with van der Waals surface area (Å²) in [6, 6.07) is 8.76. The number of carbonyl (C=O) groups is 1. The van der Waals surface area contributed by atoms with Crippen molar-refractivity contribution < 1.29 is 9.53 Å². The average Bonchev–Trinajstić information content (AvgIpc) is 2.92. The number of methoxy groups -OCH3 is 1. The van der Waals surface area contributed by atoms with E-state index in [4.69, 9.17) is 4.74 Å². The van der Waals surface area contributed by atoms with Crippen molar-refractivity contribution in [2.24, 2.45) is 11.3 Å². The number of carbonyl (C=O) groups excluding carboxylic acids is 1. The van der Waals surface area contributed by atoms with Gasteiger partial charge in [0.15, 0.2) is 0 Å². The molecule has 2 heterocycles. The molecule has 1 aromatic carbocycles. The highest BCUT2D eigenvalue weighted by Gasteiger charge is 2.50. The first kappa shape index (κ1) is 18.0. The van der Waals surface area contributed by atoms with Crippen molar-refractivity contribution in [3.8, 4) is 0 Å². The van der Waals surface area contributed by atoms with E-state index in [1.165, 1.54) is 32.4 Å². The van der Waals surface area contributed by atoms with Crippen molar-refractivity contribution in [3.63, 3.8) is 0 Å². The van der Waals surface area contributed by atoms with Gasteiger partial charge in [-0.25, -0.2) is 0 Å². The summed E-state index contributed by atoms with van der Waals surface area (Å²) in [5, 5.41) is 0. The number of amides is 1. The monoisotopic (exact) mass is 356 g/mol. The molecule has 0 bridgehead atoms. The van der Waals surface area contributed by atoms with Crippen LogP contribution in [0.25, 0.3) is 0 Å². The third-order valence-corrected chi connectivity index (χ3v) is 7.22. The van der Waals surface area contributed by atoms with E-state index in [2.05, 4.69) is 9.80 Å². The van der Waals surface area contributed by atoms with Crippen molar-refractivity contribution in [2.45, 2.75) is 45.1 Å². The molecule has 1 amide bonds. The SMILES string of the molecule is COC[C@H]1CN(C2CCC2)CC12CCN(C(=O)c1ccccc1C)CC2. The fourth-order valence-electron chi connectivity index (χ4n) is 5.24. The highest BCUT2D eigenvalue weighted by molar-refractivity contribution is 5.95. The largest absolute Gasteiger partial charge is 0.384 e. The Morgan fingerprint density at radius 1 is 1.23 bits per heavy atom. The van der Waals surface area contributed by atoms with E-state index in [-0.39, 0.29) is 5.91 Å². The van der Waals surface area contributed by atoms with E-state index in [1.54, 1.807) is 0 Å². The molecular weight excluding hydrogens is 324 g/mol. The molecule has 4 heteroatoms. The quantitative estimate of drug-likeness (QED) is 0.829. The fourth-order valence-corrected chi connectivity index (χ4v) is 5.24. The lowest BCUT2D eigenvalue weighted by molar-refractivity contribution is 0.0312. The summed E-state index contributed by atoms with van der Waals surface area (Å²) in [4.78, 5) is 17.8. The van der Waals surface area contributed by atoms with Crippen LogP contribution >= 0.6 is 0 Å². The first-order chi connectivity index (χ1) is 12.6. The van der Waals surface area contributed by atoms with Crippen LogP contribution in [0.1, 0.15) is 48.0 Å². The molecule has 1 saturated carbocycles. The zero-order valence-corrected chi connectivity index (χ0v) is 16.2. The second-order valence-electron chi connectivity index (χ2n) is 8.64. The van der Waals surface area contributed by atoms with Gasteiger partial charge in [0.05, 0.1) is 6.61 Å². The molecule has 1 aliphatic carbocycles. The van der Waals surface area contributed by atoms with E-state index in [1.807, 2.05) is 38.3 Å². The average molecular weight is 357 g/mol. The van der Waals surface area contributed by atoms with Crippen LogP contribution in [0.15, 0.2) is 24.3 Å². The molecule has 4 nitrogen and oxygen atoms in total. The van der Waals surface area contributed by atoms with Gasteiger partial charge in [0, 0.05) is 50.8 Å². The van der Waals surface area contributed by atoms with Crippen LogP contribution in [0.5, 0.6) is 0 Å². The third-order valence-electron chi connectivity index (χ3n) is 7.22. The molecular formula is C22H32N2O2. The maximum atomic E-state index is 12.9. The summed E-state index contributed by atoms with van der Waals surface area (Å²) < 4.78 is 5.59. The van der Waals surface area contributed by atoms with Crippen molar-refractivity contribution >= 4 is 5.91 Å². The van der Waals surface area contributed by atoms with Crippen LogP contribution in [-0.2, 0) is 4.74 Å². The predicted octanol–water partition coefficient (Wildman–Crippen LogP) is 3.35. The Morgan fingerprint density at radius 2 is 1.96 bits per heavy atom. The maximum absolute atomic E-state index is 12.9. The van der Waals surface area contributed by atoms with Crippen molar-refractivity contribution in [2.75, 3.05) is 39.9 Å². The zero-order chi connectivity index (χ0) is 18.1. The highest BCUT2D eigenvalue weighted by Crippen LogP contribution is 2.47. The molecule has 3 fully saturated rings. The number of rotatable bonds is 4. The molecule has 1 aromatic rings. The Morgan fingerprint density at radius 3 is 2.58 bits per heavy atom. The van der Waals surface area contributed by atoms with Gasteiger partial charge in [-0.2, -0.15) is 0 Å². The first-order valence-electron chi connectivity index (χ1n) is 10.2. The summed E-state index contributed by atoms with van der Waals surface area (Å²) in [7, 11) is 1.83. The van der Waals surface area contributed by atoms with Gasteiger partial charge in [0.1, 0.15) is 0 Å². The topological polar surface area (TPSA) is 32.8 Å². The van der Waals surface area contributed by atoms with Crippen LogP contribution in [0.4, 0.5) is 0 Å². The van der Waals surface area contributed by atoms with Crippen molar-refractivity contribution in [1.82, 2.24) is 9.80 Å². The molecule has 142 valence electrons. The number of likely N-dealkylation sites (tertiary alicyclic amines) is 2. The summed E-state index contributed by atoms with van der Waals surface area (Å²) in [5.41, 5.74) is 2.28. The fraction of sp³-hybridized carbons (Fsp3) is 0.682. The van der Waals surface area contributed by atoms with Gasteiger partial charge in [0.2, 0.25) is 0 Å². The molecule has 0 aromatic heterocycles. The van der Waals surface area contributed by atoms with Gasteiger partial charge < -0.3 is 9.64 Å². The lowest BCUT2D eigenvalue weighted by atomic mass is 9.71. The molecule has 0 unspecified atom stereocenters. The lowest BCUT2D eigenvalue weighted by Gasteiger charge is -2.43. The minimum atomic E-state index is 0.204. The van der Waals surface area contributed by atoms with Gasteiger partial charge in [-0.05, 0) is 49.7 Å². The molecule has 1 atom stereocenters. The Hall–Kier alpha value is -1.39. The van der Waals surface area contributed by atoms with Gasteiger partial charge in [0.25, 0.3) is 5.91 Å². The molecule has 2 saturated heterocycles. The van der Waals surface area contributed by atoms with E-state index in [9.17, 15) is 4.79 Å². The maximum Gasteiger partial charge on any atom is 0.254 e. The molecule has 0 N–H and O–H groups in total. The number of piperidine rings is 1. The Balaban J connectivity index is 1.44. The summed E-state index contributed by atoms with van der Waals surface area (Å²) in [6.07, 6.45) is 6.35. The van der Waals surface area contributed by atoms with Gasteiger partial charge in [-0.3, -0.25) is 9.69 Å². The molecule has 2 aliphatic heterocycles. The van der Waals surface area contributed by atoms with E-state index < -0.39 is 0 Å². The van der Waals surface area contributed by atoms with Crippen LogP contribution in [0.3, 0.4) is 0 Å². The zero-order valence-electron chi connectivity index (χ0n) is 16.2. The molecule has 0 radical (unpaired) electrons. The van der Waals surface area contributed by atoms with Crippen LogP contribution in [0, 0.1) is 18.3 Å². The van der Waals surface area contributed by atoms with Gasteiger partial charge in [-0.1, -0.05) is 24.6 Å². The normalized spacial score (nSPS) is 26.2. The predicted molar refractivity (Wildman–Crippen MR) is 103 cm³/mol. The van der Waals surface area contributed by atoms with Gasteiger partial charge >= 0.3 is 0 Å². The van der Waals surface area contributed by atoms with Crippen molar-refractivity contribution in [1.29, 1.82) is 0 Å². The minimum Gasteiger partial charge on any atom is -0.384 e. The van der Waals surface area contributed by atoms with E-state index in [0.717, 1.165) is 49.7 Å². The second kappa shape index (κ2) is 7.32. The second-order valence-corrected chi connectivity index (χ2v) is 8.64. The van der Waals surface area contributed by atoms with Gasteiger partial charge in [-0.15, -0.1) is 0 Å². The smallest absolute Gasteiger partial charge is 0.254 e. The van der Waals surface area contributed by atoms with E-state index in [0.29, 0.717) is 11.3 Å². The summed E-state index contributed by atoms with van der Waals surface area (Å²) in [6.45, 7) is 7.04. The molecule has 3 aliphatic rings. The molecule has 26 heavy (non-hydrogen) atoms. The molecule has 1 spiro atoms. The van der Waals surface area contributed by atoms with E-state index >= 15 is 0 Å². The first-order valence-corrected chi connectivity index (χ1v) is 10.2. The number of ether oxygens (including phenoxy) is 1. The number of hydrogen-bond acceptors (Lipinski definition) is 3.